The maximum Gasteiger partial charge on any atom is 0.321 e. The van der Waals surface area contributed by atoms with Crippen molar-refractivity contribution in [2.24, 2.45) is 5.73 Å². The average molecular weight is 203 g/mol. The molecular formula is C9H17NO2S. The van der Waals surface area contributed by atoms with Gasteiger partial charge in [0, 0.05) is 4.75 Å². The van der Waals surface area contributed by atoms with Gasteiger partial charge in [-0.1, -0.05) is 6.08 Å². The molecule has 0 aliphatic heterocycles. The van der Waals surface area contributed by atoms with E-state index in [0.717, 1.165) is 12.2 Å². The van der Waals surface area contributed by atoms with E-state index in [1.54, 1.807) is 11.8 Å². The molecule has 0 saturated heterocycles. The van der Waals surface area contributed by atoms with Crippen LogP contribution in [-0.2, 0) is 4.79 Å². The Hall–Kier alpha value is -0.480. The molecule has 0 aliphatic carbocycles. The molecule has 0 heterocycles. The molecule has 3 nitrogen and oxygen atoms in total. The maximum absolute atomic E-state index is 10.6. The SMILES string of the molecule is C=CCCSC(C)(C)[C@H](N)C(=O)O. The van der Waals surface area contributed by atoms with Gasteiger partial charge in [0.1, 0.15) is 6.04 Å². The van der Waals surface area contributed by atoms with Crippen LogP contribution in [-0.4, -0.2) is 27.6 Å². The second-order valence-electron chi connectivity index (χ2n) is 3.35. The van der Waals surface area contributed by atoms with Crippen molar-refractivity contribution in [1.82, 2.24) is 0 Å². The zero-order valence-electron chi connectivity index (χ0n) is 8.12. The lowest BCUT2D eigenvalue weighted by atomic mass is 10.1. The van der Waals surface area contributed by atoms with Gasteiger partial charge in [-0.05, 0) is 26.0 Å². The third-order valence-corrected chi connectivity index (χ3v) is 3.25. The van der Waals surface area contributed by atoms with E-state index in [9.17, 15) is 4.79 Å². The molecule has 1 atom stereocenters. The van der Waals surface area contributed by atoms with Crippen molar-refractivity contribution in [3.05, 3.63) is 12.7 Å². The van der Waals surface area contributed by atoms with E-state index in [0.29, 0.717) is 0 Å². The highest BCUT2D eigenvalue weighted by Crippen LogP contribution is 2.27. The van der Waals surface area contributed by atoms with Crippen molar-refractivity contribution in [3.8, 4) is 0 Å². The van der Waals surface area contributed by atoms with Gasteiger partial charge in [0.05, 0.1) is 0 Å². The predicted octanol–water partition coefficient (Wildman–Crippen LogP) is 1.49. The van der Waals surface area contributed by atoms with Gasteiger partial charge in [0.2, 0.25) is 0 Å². The van der Waals surface area contributed by atoms with Gasteiger partial charge in [-0.25, -0.2) is 0 Å². The van der Waals surface area contributed by atoms with Crippen molar-refractivity contribution in [3.63, 3.8) is 0 Å². The van der Waals surface area contributed by atoms with Crippen LogP contribution >= 0.6 is 11.8 Å². The third-order valence-electron chi connectivity index (χ3n) is 1.81. The minimum absolute atomic E-state index is 0.422. The van der Waals surface area contributed by atoms with E-state index in [1.807, 2.05) is 19.9 Å². The Morgan fingerprint density at radius 1 is 1.77 bits per heavy atom. The van der Waals surface area contributed by atoms with Crippen LogP contribution in [0.5, 0.6) is 0 Å². The molecule has 4 heteroatoms. The second kappa shape index (κ2) is 5.29. The van der Waals surface area contributed by atoms with Gasteiger partial charge in [-0.3, -0.25) is 4.79 Å². The van der Waals surface area contributed by atoms with Crippen molar-refractivity contribution < 1.29 is 9.90 Å². The average Bonchev–Trinajstić information content (AvgIpc) is 2.03. The zero-order chi connectivity index (χ0) is 10.5. The Bertz CT molecular complexity index is 192. The topological polar surface area (TPSA) is 63.3 Å². The highest BCUT2D eigenvalue weighted by Gasteiger charge is 2.31. The first-order chi connectivity index (χ1) is 5.91. The molecule has 3 N–H and O–H groups in total. The first-order valence-electron chi connectivity index (χ1n) is 4.15. The number of hydrogen-bond donors (Lipinski definition) is 2. The van der Waals surface area contributed by atoms with E-state index < -0.39 is 16.8 Å². The second-order valence-corrected chi connectivity index (χ2v) is 5.09. The lowest BCUT2D eigenvalue weighted by molar-refractivity contribution is -0.139. The van der Waals surface area contributed by atoms with Crippen LogP contribution in [0.4, 0.5) is 0 Å². The molecule has 0 bridgehead atoms. The smallest absolute Gasteiger partial charge is 0.321 e. The van der Waals surface area contributed by atoms with Crippen LogP contribution in [0.25, 0.3) is 0 Å². The summed E-state index contributed by atoms with van der Waals surface area (Å²) < 4.78 is -0.422. The molecule has 76 valence electrons. The van der Waals surface area contributed by atoms with Crippen LogP contribution in [0.3, 0.4) is 0 Å². The zero-order valence-corrected chi connectivity index (χ0v) is 8.93. The number of thioether (sulfide) groups is 1. The largest absolute Gasteiger partial charge is 0.480 e. The molecule has 0 radical (unpaired) electrons. The third kappa shape index (κ3) is 4.33. The monoisotopic (exact) mass is 203 g/mol. The van der Waals surface area contributed by atoms with Crippen LogP contribution < -0.4 is 5.73 Å². The van der Waals surface area contributed by atoms with Crippen LogP contribution in [0.2, 0.25) is 0 Å². The summed E-state index contributed by atoms with van der Waals surface area (Å²) >= 11 is 1.56. The normalized spacial score (nSPS) is 13.8. The first-order valence-corrected chi connectivity index (χ1v) is 5.13. The Kier molecular flexibility index (Phi) is 5.10. The summed E-state index contributed by atoms with van der Waals surface area (Å²) in [6.07, 6.45) is 2.69. The summed E-state index contributed by atoms with van der Waals surface area (Å²) in [7, 11) is 0. The van der Waals surface area contributed by atoms with Gasteiger partial charge in [-0.15, -0.1) is 6.58 Å². The Labute approximate surface area is 83.4 Å². The fraction of sp³-hybridized carbons (Fsp3) is 0.667. The summed E-state index contributed by atoms with van der Waals surface area (Å²) in [6.45, 7) is 7.29. The molecule has 0 aliphatic rings. The summed E-state index contributed by atoms with van der Waals surface area (Å²) in [5, 5.41) is 8.72. The summed E-state index contributed by atoms with van der Waals surface area (Å²) in [5.74, 6) is -0.0894. The number of aliphatic carboxylic acids is 1. The molecule has 0 unspecified atom stereocenters. The van der Waals surface area contributed by atoms with E-state index in [-0.39, 0.29) is 0 Å². The minimum Gasteiger partial charge on any atom is -0.480 e. The molecule has 0 rings (SSSR count). The van der Waals surface area contributed by atoms with Crippen LogP contribution in [0.15, 0.2) is 12.7 Å². The summed E-state index contributed by atoms with van der Waals surface area (Å²) in [4.78, 5) is 10.6. The number of hydrogen-bond acceptors (Lipinski definition) is 3. The number of carboxylic acids is 1. The minimum atomic E-state index is -0.948. The molecule has 0 aromatic carbocycles. The molecule has 13 heavy (non-hydrogen) atoms. The number of nitrogens with two attached hydrogens (primary N) is 1. The van der Waals surface area contributed by atoms with Crippen molar-refractivity contribution in [2.45, 2.75) is 31.1 Å². The van der Waals surface area contributed by atoms with E-state index in [4.69, 9.17) is 10.8 Å². The van der Waals surface area contributed by atoms with Crippen molar-refractivity contribution in [1.29, 1.82) is 0 Å². The summed E-state index contributed by atoms with van der Waals surface area (Å²) in [5.41, 5.74) is 5.53. The fourth-order valence-corrected chi connectivity index (χ4v) is 1.88. The number of carbonyl (C=O) groups is 1. The molecule has 0 spiro atoms. The van der Waals surface area contributed by atoms with Gasteiger partial charge < -0.3 is 10.8 Å². The molecule has 0 saturated carbocycles. The van der Waals surface area contributed by atoms with Gasteiger partial charge >= 0.3 is 5.97 Å². The lowest BCUT2D eigenvalue weighted by Crippen LogP contribution is -2.46. The molecule has 0 amide bonds. The Balaban J connectivity index is 4.05. The van der Waals surface area contributed by atoms with Crippen molar-refractivity contribution in [2.75, 3.05) is 5.75 Å². The number of carboxylic acid groups (broad SMARTS) is 1. The van der Waals surface area contributed by atoms with E-state index in [1.165, 1.54) is 0 Å². The van der Waals surface area contributed by atoms with Crippen molar-refractivity contribution >= 4 is 17.7 Å². The standard InChI is InChI=1S/C9H17NO2S/c1-4-5-6-13-9(2,3)7(10)8(11)12/h4,7H,1,5-6,10H2,2-3H3,(H,11,12)/t7-/m1/s1. The Morgan fingerprint density at radius 2 is 2.31 bits per heavy atom. The van der Waals surface area contributed by atoms with Gasteiger partial charge in [-0.2, -0.15) is 11.8 Å². The molecule has 0 aromatic rings. The fourth-order valence-electron chi connectivity index (χ4n) is 0.792. The number of allylic oxidation sites excluding steroid dienone is 1. The highest BCUT2D eigenvalue weighted by molar-refractivity contribution is 8.00. The molecular weight excluding hydrogens is 186 g/mol. The summed E-state index contributed by atoms with van der Waals surface area (Å²) in [6, 6.07) is -0.817. The predicted molar refractivity (Wildman–Crippen MR) is 57.0 cm³/mol. The number of rotatable bonds is 6. The maximum atomic E-state index is 10.6. The first kappa shape index (κ1) is 12.5. The highest BCUT2D eigenvalue weighted by atomic mass is 32.2. The molecule has 0 aromatic heterocycles. The van der Waals surface area contributed by atoms with Crippen LogP contribution in [0, 0.1) is 0 Å². The lowest BCUT2D eigenvalue weighted by Gasteiger charge is -2.27. The molecule has 0 fully saturated rings. The Morgan fingerprint density at radius 3 is 2.69 bits per heavy atom. The van der Waals surface area contributed by atoms with Gasteiger partial charge in [0.15, 0.2) is 0 Å². The van der Waals surface area contributed by atoms with E-state index >= 15 is 0 Å². The quantitative estimate of drug-likeness (QED) is 0.507. The van der Waals surface area contributed by atoms with Crippen LogP contribution in [0.1, 0.15) is 20.3 Å². The van der Waals surface area contributed by atoms with E-state index in [2.05, 4.69) is 6.58 Å². The van der Waals surface area contributed by atoms with Gasteiger partial charge in [0.25, 0.3) is 0 Å².